The van der Waals surface area contributed by atoms with Gasteiger partial charge in [-0.05, 0) is 57.0 Å². The number of ketones is 1. The highest BCUT2D eigenvalue weighted by molar-refractivity contribution is 5.97. The predicted octanol–water partition coefficient (Wildman–Crippen LogP) is 3.66. The topological polar surface area (TPSA) is 86.3 Å². The van der Waals surface area contributed by atoms with Crippen LogP contribution in [-0.4, -0.2) is 57.0 Å². The fraction of sp³-hybridized carbons (Fsp3) is 0.480. The van der Waals surface area contributed by atoms with Gasteiger partial charge >= 0.3 is 0 Å². The van der Waals surface area contributed by atoms with Gasteiger partial charge in [0.25, 0.3) is 0 Å². The van der Waals surface area contributed by atoms with E-state index in [0.717, 1.165) is 5.56 Å². The zero-order chi connectivity index (χ0) is 23.7. The Labute approximate surface area is 190 Å². The number of ether oxygens (including phenoxy) is 4. The Morgan fingerprint density at radius 3 is 2.25 bits per heavy atom. The minimum atomic E-state index is -0.612. The molecule has 0 aliphatic rings. The smallest absolute Gasteiger partial charge is 0.203 e. The summed E-state index contributed by atoms with van der Waals surface area (Å²) >= 11 is 0. The van der Waals surface area contributed by atoms with E-state index in [1.165, 1.54) is 21.3 Å². The summed E-state index contributed by atoms with van der Waals surface area (Å²) in [7, 11) is 4.57. The fourth-order valence-corrected chi connectivity index (χ4v) is 3.11. The maximum Gasteiger partial charge on any atom is 0.203 e. The number of carbonyl (C=O) groups excluding carboxylic acids is 1. The third kappa shape index (κ3) is 7.73. The van der Waals surface area contributed by atoms with E-state index >= 15 is 0 Å². The van der Waals surface area contributed by atoms with Crippen LogP contribution in [-0.2, 0) is 6.42 Å². The number of hydrogen-bond donors (Lipinski definition) is 2. The normalized spacial score (nSPS) is 12.2. The molecule has 32 heavy (non-hydrogen) atoms. The van der Waals surface area contributed by atoms with Crippen LogP contribution in [0.3, 0.4) is 0 Å². The molecular formula is C25H35NO6. The van der Waals surface area contributed by atoms with E-state index in [9.17, 15) is 9.90 Å². The average Bonchev–Trinajstić information content (AvgIpc) is 2.78. The lowest BCUT2D eigenvalue weighted by atomic mass is 10.0. The summed E-state index contributed by atoms with van der Waals surface area (Å²) in [5.74, 6) is 1.99. The molecule has 0 radical (unpaired) electrons. The van der Waals surface area contributed by atoms with Crippen LogP contribution in [0.15, 0.2) is 36.4 Å². The van der Waals surface area contributed by atoms with E-state index < -0.39 is 6.10 Å². The molecule has 0 saturated carbocycles. The van der Waals surface area contributed by atoms with Crippen LogP contribution >= 0.6 is 0 Å². The van der Waals surface area contributed by atoms with Crippen molar-refractivity contribution in [1.29, 1.82) is 0 Å². The van der Waals surface area contributed by atoms with Gasteiger partial charge in [-0.25, -0.2) is 0 Å². The first-order valence-corrected chi connectivity index (χ1v) is 10.6. The molecule has 2 aromatic carbocycles. The number of aryl methyl sites for hydroxylation is 1. The second-order valence-corrected chi connectivity index (χ2v) is 8.58. The van der Waals surface area contributed by atoms with E-state index in [1.54, 1.807) is 12.1 Å². The standard InChI is InChI=1S/C25H35NO6/c1-25(2,3)26-15-19(27)16-32-20-9-7-8-17(12-20)10-11-21(28)18-13-22(29-4)24(31-6)23(14-18)30-5/h7-9,12-14,19,26-27H,10-11,15-16H2,1-6H3. The van der Waals surface area contributed by atoms with Crippen LogP contribution in [0.4, 0.5) is 0 Å². The maximum atomic E-state index is 12.8. The van der Waals surface area contributed by atoms with E-state index in [4.69, 9.17) is 18.9 Å². The molecule has 0 saturated heterocycles. The van der Waals surface area contributed by atoms with Crippen molar-refractivity contribution in [2.75, 3.05) is 34.5 Å². The Balaban J connectivity index is 1.96. The lowest BCUT2D eigenvalue weighted by Gasteiger charge is -2.23. The number of rotatable bonds is 12. The SMILES string of the molecule is COc1cc(C(=O)CCc2cccc(OCC(O)CNC(C)(C)C)c2)cc(OC)c1OC. The van der Waals surface area contributed by atoms with Crippen LogP contribution in [0.2, 0.25) is 0 Å². The molecule has 0 fully saturated rings. The highest BCUT2D eigenvalue weighted by Gasteiger charge is 2.17. The largest absolute Gasteiger partial charge is 0.493 e. The van der Waals surface area contributed by atoms with Crippen LogP contribution < -0.4 is 24.3 Å². The summed E-state index contributed by atoms with van der Waals surface area (Å²) in [6, 6.07) is 10.9. The summed E-state index contributed by atoms with van der Waals surface area (Å²) in [5.41, 5.74) is 1.41. The molecule has 2 aromatic rings. The molecule has 0 aliphatic heterocycles. The highest BCUT2D eigenvalue weighted by Crippen LogP contribution is 2.38. The van der Waals surface area contributed by atoms with Gasteiger partial charge in [0.15, 0.2) is 17.3 Å². The van der Waals surface area contributed by atoms with Crippen LogP contribution in [0.25, 0.3) is 0 Å². The second kappa shape index (κ2) is 11.7. The van der Waals surface area contributed by atoms with E-state index in [2.05, 4.69) is 5.32 Å². The zero-order valence-electron chi connectivity index (χ0n) is 19.9. The number of nitrogens with one attached hydrogen (secondary N) is 1. The number of β-amino-alcohol motifs (C(OH)–C–C–N with tert-alkyl or cyclic N) is 1. The van der Waals surface area contributed by atoms with Gasteiger partial charge < -0.3 is 29.4 Å². The van der Waals surface area contributed by atoms with Crippen molar-refractivity contribution < 1.29 is 28.8 Å². The van der Waals surface area contributed by atoms with Crippen molar-refractivity contribution in [2.24, 2.45) is 0 Å². The number of aliphatic hydroxyl groups is 1. The summed E-state index contributed by atoms with van der Waals surface area (Å²) < 4.78 is 21.7. The molecule has 7 nitrogen and oxygen atoms in total. The Morgan fingerprint density at radius 2 is 1.69 bits per heavy atom. The Morgan fingerprint density at radius 1 is 1.03 bits per heavy atom. The first-order chi connectivity index (χ1) is 15.2. The zero-order valence-corrected chi connectivity index (χ0v) is 19.9. The number of hydrogen-bond acceptors (Lipinski definition) is 7. The van der Waals surface area contributed by atoms with Gasteiger partial charge in [0.1, 0.15) is 18.5 Å². The molecule has 2 rings (SSSR count). The Hall–Kier alpha value is -2.77. The van der Waals surface area contributed by atoms with Gasteiger partial charge in [-0.2, -0.15) is 0 Å². The number of benzene rings is 2. The second-order valence-electron chi connectivity index (χ2n) is 8.58. The highest BCUT2D eigenvalue weighted by atomic mass is 16.5. The molecule has 0 spiro atoms. The molecule has 0 amide bonds. The summed E-state index contributed by atoms with van der Waals surface area (Å²) in [6.07, 6.45) is 0.264. The van der Waals surface area contributed by atoms with Gasteiger partial charge in [-0.15, -0.1) is 0 Å². The average molecular weight is 446 g/mol. The van der Waals surface area contributed by atoms with E-state index in [0.29, 0.717) is 47.9 Å². The Bertz CT molecular complexity index is 865. The van der Waals surface area contributed by atoms with Crippen molar-refractivity contribution in [1.82, 2.24) is 5.32 Å². The van der Waals surface area contributed by atoms with Crippen LogP contribution in [0, 0.1) is 0 Å². The molecule has 1 unspecified atom stereocenters. The molecule has 0 aliphatic carbocycles. The molecule has 1 atom stereocenters. The molecule has 176 valence electrons. The minimum absolute atomic E-state index is 0.0285. The molecule has 0 aromatic heterocycles. The first-order valence-electron chi connectivity index (χ1n) is 10.6. The fourth-order valence-electron chi connectivity index (χ4n) is 3.11. The van der Waals surface area contributed by atoms with Gasteiger partial charge in [0, 0.05) is 24.1 Å². The number of aliphatic hydroxyl groups excluding tert-OH is 1. The summed E-state index contributed by atoms with van der Waals surface area (Å²) in [6.45, 7) is 6.78. The van der Waals surface area contributed by atoms with Crippen molar-refractivity contribution in [2.45, 2.75) is 45.3 Å². The van der Waals surface area contributed by atoms with Gasteiger partial charge in [-0.1, -0.05) is 12.1 Å². The lowest BCUT2D eigenvalue weighted by Crippen LogP contribution is -2.42. The number of Topliss-reactive ketones (excluding diaryl/α,β-unsaturated/α-hetero) is 1. The van der Waals surface area contributed by atoms with Crippen molar-refractivity contribution >= 4 is 5.78 Å². The van der Waals surface area contributed by atoms with Crippen LogP contribution in [0.5, 0.6) is 23.0 Å². The predicted molar refractivity (Wildman–Crippen MR) is 124 cm³/mol. The monoisotopic (exact) mass is 445 g/mol. The quantitative estimate of drug-likeness (QED) is 0.482. The van der Waals surface area contributed by atoms with E-state index in [-0.39, 0.29) is 17.9 Å². The van der Waals surface area contributed by atoms with Crippen molar-refractivity contribution in [3.8, 4) is 23.0 Å². The third-order valence-electron chi connectivity index (χ3n) is 4.84. The maximum absolute atomic E-state index is 12.8. The first kappa shape index (κ1) is 25.5. The van der Waals surface area contributed by atoms with Gasteiger partial charge in [0.2, 0.25) is 5.75 Å². The lowest BCUT2D eigenvalue weighted by molar-refractivity contribution is 0.0981. The van der Waals surface area contributed by atoms with Crippen molar-refractivity contribution in [3.05, 3.63) is 47.5 Å². The number of carbonyl (C=O) groups is 1. The molecule has 0 bridgehead atoms. The Kier molecular flexibility index (Phi) is 9.35. The third-order valence-corrected chi connectivity index (χ3v) is 4.84. The summed E-state index contributed by atoms with van der Waals surface area (Å²) in [5, 5.41) is 13.4. The van der Waals surface area contributed by atoms with Gasteiger partial charge in [0.05, 0.1) is 21.3 Å². The van der Waals surface area contributed by atoms with Crippen molar-refractivity contribution in [3.63, 3.8) is 0 Å². The number of methoxy groups -OCH3 is 3. The van der Waals surface area contributed by atoms with E-state index in [1.807, 2.05) is 45.0 Å². The summed E-state index contributed by atoms with van der Waals surface area (Å²) in [4.78, 5) is 12.8. The minimum Gasteiger partial charge on any atom is -0.493 e. The van der Waals surface area contributed by atoms with Gasteiger partial charge in [-0.3, -0.25) is 4.79 Å². The molecule has 0 heterocycles. The molecular weight excluding hydrogens is 410 g/mol. The molecule has 7 heteroatoms. The molecule has 2 N–H and O–H groups in total. The van der Waals surface area contributed by atoms with Crippen LogP contribution in [0.1, 0.15) is 43.1 Å².